The van der Waals surface area contributed by atoms with E-state index in [4.69, 9.17) is 16.9 Å². The minimum Gasteiger partial charge on any atom is -0.404 e. The van der Waals surface area contributed by atoms with Gasteiger partial charge in [-0.05, 0) is 23.4 Å². The van der Waals surface area contributed by atoms with Crippen LogP contribution in [-0.4, -0.2) is 27.0 Å². The maximum atomic E-state index is 12.3. The molecule has 22 heavy (non-hydrogen) atoms. The predicted molar refractivity (Wildman–Crippen MR) is 69.5 cm³/mol. The predicted octanol–water partition coefficient (Wildman–Crippen LogP) is 2.73. The second-order valence-corrected chi connectivity index (χ2v) is 4.17. The zero-order valence-electron chi connectivity index (χ0n) is 10.5. The third-order valence-corrected chi connectivity index (χ3v) is 2.48. The zero-order chi connectivity index (χ0) is 16.2. The molecule has 0 saturated carbocycles. The van der Waals surface area contributed by atoms with Gasteiger partial charge in [-0.2, -0.15) is 10.5 Å². The summed E-state index contributed by atoms with van der Waals surface area (Å²) in [6.45, 7) is 0. The maximum absolute atomic E-state index is 12.3. The van der Waals surface area contributed by atoms with Crippen LogP contribution in [-0.2, 0) is 0 Å². The lowest BCUT2D eigenvalue weighted by atomic mass is 10.2. The van der Waals surface area contributed by atoms with E-state index in [0.29, 0.717) is 0 Å². The number of rotatable bonds is 4. The number of benzene rings is 1. The van der Waals surface area contributed by atoms with Crippen LogP contribution in [0.2, 0.25) is 5.02 Å². The van der Waals surface area contributed by atoms with Crippen LogP contribution >= 0.6 is 11.6 Å². The van der Waals surface area contributed by atoms with Crippen molar-refractivity contribution >= 4 is 22.9 Å². The van der Waals surface area contributed by atoms with E-state index < -0.39 is 12.1 Å². The number of allylic oxidation sites excluding steroid dienone is 1. The summed E-state index contributed by atoms with van der Waals surface area (Å²) in [5, 5.41) is 24.2. The summed E-state index contributed by atoms with van der Waals surface area (Å²) < 4.78 is 40.8. The number of alkyl halides is 3. The fourth-order valence-electron chi connectivity index (χ4n) is 1.40. The molecule has 1 aromatic carbocycles. The molecule has 0 amide bonds. The largest absolute Gasteiger partial charge is 0.573 e. The number of tetrazole rings is 1. The first-order chi connectivity index (χ1) is 10.4. The van der Waals surface area contributed by atoms with E-state index in [1.807, 2.05) is 0 Å². The molecule has 0 bridgehead atoms. The van der Waals surface area contributed by atoms with Crippen molar-refractivity contribution in [3.63, 3.8) is 0 Å². The molecule has 2 N–H and O–H groups in total. The van der Waals surface area contributed by atoms with Crippen LogP contribution in [0.25, 0.3) is 5.57 Å². The smallest absolute Gasteiger partial charge is 0.404 e. The minimum absolute atomic E-state index is 0.0182. The molecule has 2 aromatic rings. The lowest BCUT2D eigenvalue weighted by molar-refractivity contribution is -0.274. The van der Waals surface area contributed by atoms with Gasteiger partial charge in [-0.1, -0.05) is 11.6 Å². The lowest BCUT2D eigenvalue weighted by Gasteiger charge is -2.13. The van der Waals surface area contributed by atoms with Crippen molar-refractivity contribution in [2.45, 2.75) is 6.36 Å². The minimum atomic E-state index is -4.86. The highest BCUT2D eigenvalue weighted by atomic mass is 35.5. The van der Waals surface area contributed by atoms with Crippen molar-refractivity contribution in [3.05, 3.63) is 35.2 Å². The standard InChI is InChI=1S/C11H6ClF3N6O/c12-7-1-2-9(22-11(13,14)15)8(3-7)17-5-6(4-16)10-18-20-21-19-10/h1-3,5,17H,(H,18,19,20,21). The van der Waals surface area contributed by atoms with Gasteiger partial charge >= 0.3 is 6.36 Å². The average Bonchev–Trinajstić information content (AvgIpc) is 2.95. The number of aromatic amines is 1. The van der Waals surface area contributed by atoms with E-state index in [-0.39, 0.29) is 22.1 Å². The van der Waals surface area contributed by atoms with Gasteiger partial charge in [0.25, 0.3) is 0 Å². The normalized spacial score (nSPS) is 11.9. The molecule has 1 aromatic heterocycles. The molecule has 1 heterocycles. The molecule has 11 heteroatoms. The molecule has 7 nitrogen and oxygen atoms in total. The summed E-state index contributed by atoms with van der Waals surface area (Å²) in [6.07, 6.45) is -3.75. The summed E-state index contributed by atoms with van der Waals surface area (Å²) in [6, 6.07) is 5.27. The molecule has 0 fully saturated rings. The highest BCUT2D eigenvalue weighted by Crippen LogP contribution is 2.32. The van der Waals surface area contributed by atoms with Gasteiger partial charge in [0.2, 0.25) is 5.82 Å². The molecular weight excluding hydrogens is 325 g/mol. The number of aromatic nitrogens is 4. The monoisotopic (exact) mass is 330 g/mol. The summed E-state index contributed by atoms with van der Waals surface area (Å²) in [5.41, 5.74) is -0.132. The van der Waals surface area contributed by atoms with Crippen molar-refractivity contribution in [1.82, 2.24) is 20.6 Å². The Balaban J connectivity index is 2.29. The summed E-state index contributed by atoms with van der Waals surface area (Å²) >= 11 is 5.73. The number of halogens is 4. The van der Waals surface area contributed by atoms with Crippen molar-refractivity contribution in [2.24, 2.45) is 0 Å². The Hall–Kier alpha value is -2.80. The van der Waals surface area contributed by atoms with Crippen molar-refractivity contribution in [3.8, 4) is 11.8 Å². The number of ether oxygens (including phenoxy) is 1. The van der Waals surface area contributed by atoms with E-state index in [1.54, 1.807) is 6.07 Å². The van der Waals surface area contributed by atoms with Crippen molar-refractivity contribution in [1.29, 1.82) is 5.26 Å². The fourth-order valence-corrected chi connectivity index (χ4v) is 1.57. The lowest BCUT2D eigenvalue weighted by Crippen LogP contribution is -2.17. The van der Waals surface area contributed by atoms with Gasteiger partial charge in [0.1, 0.15) is 11.6 Å². The van der Waals surface area contributed by atoms with Gasteiger partial charge in [-0.25, -0.2) is 0 Å². The number of nitrogens with one attached hydrogen (secondary N) is 2. The number of hydrogen-bond donors (Lipinski definition) is 2. The number of hydrogen-bond acceptors (Lipinski definition) is 6. The molecule has 0 aliphatic carbocycles. The van der Waals surface area contributed by atoms with E-state index >= 15 is 0 Å². The van der Waals surface area contributed by atoms with E-state index in [0.717, 1.165) is 12.3 Å². The van der Waals surface area contributed by atoms with Crippen LogP contribution in [0.4, 0.5) is 18.9 Å². The van der Waals surface area contributed by atoms with E-state index in [1.165, 1.54) is 12.1 Å². The van der Waals surface area contributed by atoms with Gasteiger partial charge in [0.05, 0.1) is 5.69 Å². The highest BCUT2D eigenvalue weighted by Gasteiger charge is 2.32. The van der Waals surface area contributed by atoms with E-state index in [9.17, 15) is 13.2 Å². The van der Waals surface area contributed by atoms with Gasteiger partial charge in [0.15, 0.2) is 5.75 Å². The van der Waals surface area contributed by atoms with Gasteiger partial charge in [0, 0.05) is 11.2 Å². The SMILES string of the molecule is N#CC(=CNc1cc(Cl)ccc1OC(F)(F)F)c1nn[nH]n1. The zero-order valence-corrected chi connectivity index (χ0v) is 11.3. The highest BCUT2D eigenvalue weighted by molar-refractivity contribution is 6.30. The third kappa shape index (κ3) is 4.10. The molecule has 0 spiro atoms. The topological polar surface area (TPSA) is 99.5 Å². The third-order valence-electron chi connectivity index (χ3n) is 2.25. The summed E-state index contributed by atoms with van der Waals surface area (Å²) in [5.74, 6) is -0.520. The number of H-pyrrole nitrogens is 1. The first-order valence-corrected chi connectivity index (χ1v) is 5.93. The van der Waals surface area contributed by atoms with Crippen molar-refractivity contribution < 1.29 is 17.9 Å². The van der Waals surface area contributed by atoms with Crippen LogP contribution in [0, 0.1) is 11.3 Å². The molecule has 0 atom stereocenters. The Morgan fingerprint density at radius 1 is 1.45 bits per heavy atom. The molecule has 114 valence electrons. The summed E-state index contributed by atoms with van der Waals surface area (Å²) in [7, 11) is 0. The Morgan fingerprint density at radius 2 is 2.23 bits per heavy atom. The van der Waals surface area contributed by atoms with E-state index in [2.05, 4.69) is 30.7 Å². The van der Waals surface area contributed by atoms with Gasteiger partial charge in [-0.15, -0.1) is 23.4 Å². The van der Waals surface area contributed by atoms with Gasteiger partial charge < -0.3 is 10.1 Å². The number of nitriles is 1. The first kappa shape index (κ1) is 15.6. The Bertz CT molecular complexity index is 722. The summed E-state index contributed by atoms with van der Waals surface area (Å²) in [4.78, 5) is 0. The Kier molecular flexibility index (Phi) is 4.47. The Morgan fingerprint density at radius 3 is 2.82 bits per heavy atom. The molecule has 0 radical (unpaired) electrons. The molecular formula is C11H6ClF3N6O. The second-order valence-electron chi connectivity index (χ2n) is 3.74. The average molecular weight is 331 g/mol. The molecule has 0 aliphatic rings. The quantitative estimate of drug-likeness (QED) is 0.836. The van der Waals surface area contributed by atoms with Crippen molar-refractivity contribution in [2.75, 3.05) is 5.32 Å². The fraction of sp³-hybridized carbons (Fsp3) is 0.0909. The van der Waals surface area contributed by atoms with Gasteiger partial charge in [-0.3, -0.25) is 0 Å². The molecule has 0 saturated heterocycles. The van der Waals surface area contributed by atoms with Crippen LogP contribution in [0.15, 0.2) is 24.4 Å². The molecule has 0 aliphatic heterocycles. The van der Waals surface area contributed by atoms with Crippen LogP contribution in [0.5, 0.6) is 5.75 Å². The van der Waals surface area contributed by atoms with Crippen LogP contribution < -0.4 is 10.1 Å². The number of anilines is 1. The number of nitrogens with zero attached hydrogens (tertiary/aromatic N) is 4. The maximum Gasteiger partial charge on any atom is 0.573 e. The molecule has 0 unspecified atom stereocenters. The first-order valence-electron chi connectivity index (χ1n) is 5.55. The molecule has 2 rings (SSSR count). The Labute approximate surface area is 126 Å². The van der Waals surface area contributed by atoms with Crippen LogP contribution in [0.1, 0.15) is 5.82 Å². The van der Waals surface area contributed by atoms with Crippen LogP contribution in [0.3, 0.4) is 0 Å². The second kappa shape index (κ2) is 6.31.